The van der Waals surface area contributed by atoms with Crippen LogP contribution in [0.4, 0.5) is 4.39 Å². The average molecular weight is 462 g/mol. The lowest BCUT2D eigenvalue weighted by Gasteiger charge is -2.11. The lowest BCUT2D eigenvalue weighted by atomic mass is 10.1. The molecular formula is C26H21ClFN3O2. The van der Waals surface area contributed by atoms with Crippen molar-refractivity contribution in [3.63, 3.8) is 0 Å². The molecule has 0 unspecified atom stereocenters. The smallest absolute Gasteiger partial charge is 0.278 e. The Balaban J connectivity index is 1.71. The third-order valence-corrected chi connectivity index (χ3v) is 6.23. The van der Waals surface area contributed by atoms with Crippen LogP contribution >= 0.6 is 11.6 Å². The number of hydrogen-bond donors (Lipinski definition) is 0. The van der Waals surface area contributed by atoms with Crippen LogP contribution in [0.5, 0.6) is 5.75 Å². The summed E-state index contributed by atoms with van der Waals surface area (Å²) in [6.45, 7) is 2.46. The fourth-order valence-electron chi connectivity index (χ4n) is 4.16. The van der Waals surface area contributed by atoms with Crippen LogP contribution in [0.15, 0.2) is 71.8 Å². The predicted molar refractivity (Wildman–Crippen MR) is 129 cm³/mol. The summed E-state index contributed by atoms with van der Waals surface area (Å²) in [5, 5.41) is 1.17. The molecule has 166 valence electrons. The van der Waals surface area contributed by atoms with Crippen LogP contribution in [0.25, 0.3) is 21.9 Å². The van der Waals surface area contributed by atoms with Crippen molar-refractivity contribution in [1.82, 2.24) is 14.1 Å². The molecule has 0 amide bonds. The van der Waals surface area contributed by atoms with Gasteiger partial charge in [0, 0.05) is 16.0 Å². The molecular weight excluding hydrogens is 441 g/mol. The Kier molecular flexibility index (Phi) is 5.38. The van der Waals surface area contributed by atoms with Gasteiger partial charge in [-0.3, -0.25) is 9.36 Å². The molecule has 33 heavy (non-hydrogen) atoms. The van der Waals surface area contributed by atoms with Gasteiger partial charge in [0.1, 0.15) is 22.6 Å². The molecule has 0 atom stereocenters. The van der Waals surface area contributed by atoms with Crippen LogP contribution in [-0.2, 0) is 13.1 Å². The van der Waals surface area contributed by atoms with Crippen LogP contribution < -0.4 is 10.3 Å². The van der Waals surface area contributed by atoms with E-state index in [-0.39, 0.29) is 12.1 Å². The third-order valence-electron chi connectivity index (χ3n) is 5.87. The molecule has 5 nitrogen and oxygen atoms in total. The molecule has 0 aliphatic rings. The SMILES string of the molecule is COc1ccc(Cn2cnc3c4cc(C)ccc4n(Cc4c(F)cccc4Cl)c3c2=O)cc1. The second-order valence-corrected chi connectivity index (χ2v) is 8.44. The maximum absolute atomic E-state index is 14.6. The molecule has 0 fully saturated rings. The number of nitrogens with zero attached hydrogens (tertiary/aromatic N) is 3. The van der Waals surface area contributed by atoms with E-state index in [4.69, 9.17) is 16.3 Å². The molecule has 0 saturated heterocycles. The number of halogens is 2. The maximum atomic E-state index is 14.6. The second-order valence-electron chi connectivity index (χ2n) is 8.03. The Labute approximate surface area is 194 Å². The molecule has 5 rings (SSSR count). The number of rotatable bonds is 5. The van der Waals surface area contributed by atoms with Gasteiger partial charge in [-0.25, -0.2) is 9.37 Å². The molecule has 0 spiro atoms. The lowest BCUT2D eigenvalue weighted by molar-refractivity contribution is 0.414. The van der Waals surface area contributed by atoms with E-state index in [1.54, 1.807) is 30.1 Å². The standard InChI is InChI=1S/C26H21ClFN3O2/c1-16-6-11-23-19(12-16)24-25(31(23)14-20-21(27)4-3-5-22(20)28)26(32)30(15-29-24)13-17-7-9-18(33-2)10-8-17/h3-12,15H,13-14H2,1-2H3. The minimum atomic E-state index is -0.410. The highest BCUT2D eigenvalue weighted by Gasteiger charge is 2.19. The van der Waals surface area contributed by atoms with Crippen LogP contribution in [0, 0.1) is 12.7 Å². The highest BCUT2D eigenvalue weighted by atomic mass is 35.5. The summed E-state index contributed by atoms with van der Waals surface area (Å²) in [5.41, 5.74) is 3.95. The number of hydrogen-bond acceptors (Lipinski definition) is 3. The fourth-order valence-corrected chi connectivity index (χ4v) is 4.38. The first-order valence-corrected chi connectivity index (χ1v) is 10.9. The molecule has 0 bridgehead atoms. The quantitative estimate of drug-likeness (QED) is 0.344. The van der Waals surface area contributed by atoms with Crippen molar-refractivity contribution in [3.8, 4) is 5.75 Å². The van der Waals surface area contributed by atoms with E-state index in [0.29, 0.717) is 28.2 Å². The van der Waals surface area contributed by atoms with Crippen molar-refractivity contribution in [2.24, 2.45) is 0 Å². The lowest BCUT2D eigenvalue weighted by Crippen LogP contribution is -2.23. The molecule has 7 heteroatoms. The van der Waals surface area contributed by atoms with Gasteiger partial charge < -0.3 is 9.30 Å². The summed E-state index contributed by atoms with van der Waals surface area (Å²) < 4.78 is 23.2. The van der Waals surface area contributed by atoms with Gasteiger partial charge >= 0.3 is 0 Å². The molecule has 3 aromatic carbocycles. The summed E-state index contributed by atoms with van der Waals surface area (Å²) in [4.78, 5) is 18.3. The Morgan fingerprint density at radius 3 is 2.58 bits per heavy atom. The van der Waals surface area contributed by atoms with Gasteiger partial charge in [-0.15, -0.1) is 0 Å². The molecule has 2 aromatic heterocycles. The van der Waals surface area contributed by atoms with Crippen LogP contribution in [-0.4, -0.2) is 21.2 Å². The van der Waals surface area contributed by atoms with E-state index in [1.807, 2.05) is 54.0 Å². The highest BCUT2D eigenvalue weighted by molar-refractivity contribution is 6.31. The van der Waals surface area contributed by atoms with E-state index in [1.165, 1.54) is 6.07 Å². The first kappa shape index (κ1) is 21.2. The fraction of sp³-hybridized carbons (Fsp3) is 0.154. The van der Waals surface area contributed by atoms with E-state index in [2.05, 4.69) is 4.98 Å². The average Bonchev–Trinajstić information content (AvgIpc) is 3.12. The van der Waals surface area contributed by atoms with Gasteiger partial charge in [-0.1, -0.05) is 41.4 Å². The minimum absolute atomic E-state index is 0.123. The second kappa shape index (κ2) is 8.37. The number of methoxy groups -OCH3 is 1. The number of aryl methyl sites for hydroxylation is 1. The van der Waals surface area contributed by atoms with Gasteiger partial charge in [0.25, 0.3) is 5.56 Å². The van der Waals surface area contributed by atoms with Gasteiger partial charge in [0.05, 0.1) is 32.0 Å². The number of fused-ring (bicyclic) bond motifs is 3. The molecule has 0 saturated carbocycles. The first-order valence-electron chi connectivity index (χ1n) is 10.5. The van der Waals surface area contributed by atoms with E-state index in [0.717, 1.165) is 27.8 Å². The van der Waals surface area contributed by atoms with Crippen molar-refractivity contribution in [1.29, 1.82) is 0 Å². The van der Waals surface area contributed by atoms with Gasteiger partial charge in [-0.2, -0.15) is 0 Å². The summed E-state index contributed by atoms with van der Waals surface area (Å²) in [5.74, 6) is 0.337. The van der Waals surface area contributed by atoms with Gasteiger partial charge in [-0.05, 0) is 48.9 Å². The monoisotopic (exact) mass is 461 g/mol. The largest absolute Gasteiger partial charge is 0.497 e. The Bertz CT molecular complexity index is 1530. The summed E-state index contributed by atoms with van der Waals surface area (Å²) in [7, 11) is 1.61. The van der Waals surface area contributed by atoms with Crippen LogP contribution in [0.1, 0.15) is 16.7 Å². The predicted octanol–water partition coefficient (Wildman–Crippen LogP) is 5.56. The zero-order chi connectivity index (χ0) is 23.1. The number of ether oxygens (including phenoxy) is 1. The zero-order valence-electron chi connectivity index (χ0n) is 18.2. The Hall–Kier alpha value is -3.64. The van der Waals surface area contributed by atoms with Crippen LogP contribution in [0.3, 0.4) is 0 Å². The molecule has 5 aromatic rings. The van der Waals surface area contributed by atoms with Crippen molar-refractivity contribution in [3.05, 3.63) is 105 Å². The summed E-state index contributed by atoms with van der Waals surface area (Å²) in [6.07, 6.45) is 1.57. The van der Waals surface area contributed by atoms with Crippen molar-refractivity contribution in [2.75, 3.05) is 7.11 Å². The van der Waals surface area contributed by atoms with E-state index < -0.39 is 5.82 Å². The van der Waals surface area contributed by atoms with E-state index in [9.17, 15) is 9.18 Å². The normalized spacial score (nSPS) is 11.4. The zero-order valence-corrected chi connectivity index (χ0v) is 18.9. The Morgan fingerprint density at radius 1 is 1.06 bits per heavy atom. The molecule has 0 aliphatic heterocycles. The molecule has 0 radical (unpaired) electrons. The minimum Gasteiger partial charge on any atom is -0.497 e. The van der Waals surface area contributed by atoms with Crippen molar-refractivity contribution < 1.29 is 9.13 Å². The number of aromatic nitrogens is 3. The van der Waals surface area contributed by atoms with Gasteiger partial charge in [0.2, 0.25) is 0 Å². The van der Waals surface area contributed by atoms with Crippen molar-refractivity contribution >= 4 is 33.5 Å². The third kappa shape index (κ3) is 3.76. The summed E-state index contributed by atoms with van der Waals surface area (Å²) in [6, 6.07) is 18.0. The summed E-state index contributed by atoms with van der Waals surface area (Å²) >= 11 is 6.31. The first-order chi connectivity index (χ1) is 16.0. The number of benzene rings is 3. The van der Waals surface area contributed by atoms with Crippen molar-refractivity contribution in [2.45, 2.75) is 20.0 Å². The highest BCUT2D eigenvalue weighted by Crippen LogP contribution is 2.29. The molecule has 0 N–H and O–H groups in total. The topological polar surface area (TPSA) is 49.0 Å². The van der Waals surface area contributed by atoms with Gasteiger partial charge in [0.15, 0.2) is 0 Å². The molecule has 2 heterocycles. The maximum Gasteiger partial charge on any atom is 0.278 e. The molecule has 0 aliphatic carbocycles. The Morgan fingerprint density at radius 2 is 1.85 bits per heavy atom. The van der Waals surface area contributed by atoms with E-state index >= 15 is 0 Å². The van der Waals surface area contributed by atoms with Crippen LogP contribution in [0.2, 0.25) is 5.02 Å².